The highest BCUT2D eigenvalue weighted by molar-refractivity contribution is 6.14. The Balaban J connectivity index is 1.44. The monoisotopic (exact) mass is 382 g/mol. The first-order valence-corrected chi connectivity index (χ1v) is 9.79. The van der Waals surface area contributed by atoms with Crippen LogP contribution >= 0.6 is 0 Å². The van der Waals surface area contributed by atoms with Gasteiger partial charge in [-0.1, -0.05) is 0 Å². The Labute approximate surface area is 163 Å². The van der Waals surface area contributed by atoms with Crippen molar-refractivity contribution in [3.05, 3.63) is 47.2 Å². The Kier molecular flexibility index (Phi) is 4.08. The fraction of sp³-hybridized carbons (Fsp3) is 0.476. The van der Waals surface area contributed by atoms with Crippen LogP contribution in [0.3, 0.4) is 0 Å². The lowest BCUT2D eigenvalue weighted by molar-refractivity contribution is 0.191. The summed E-state index contributed by atoms with van der Waals surface area (Å²) in [6, 6.07) is 5.22. The molecule has 1 aromatic carbocycles. The molecule has 28 heavy (non-hydrogen) atoms. The van der Waals surface area contributed by atoms with Gasteiger partial charge in [0.15, 0.2) is 11.6 Å². The number of aliphatic imine (C=N–C) groups is 1. The molecule has 0 bridgehead atoms. The first-order valence-electron chi connectivity index (χ1n) is 9.79. The first kappa shape index (κ1) is 17.6. The lowest BCUT2D eigenvalue weighted by atomic mass is 10.0. The molecule has 2 aromatic rings. The summed E-state index contributed by atoms with van der Waals surface area (Å²) in [5.41, 5.74) is 2.96. The van der Waals surface area contributed by atoms with Gasteiger partial charge < -0.3 is 14.7 Å². The molecule has 0 radical (unpaired) electrons. The highest BCUT2D eigenvalue weighted by Gasteiger charge is 2.41. The van der Waals surface area contributed by atoms with Crippen LogP contribution in [0.2, 0.25) is 0 Å². The summed E-state index contributed by atoms with van der Waals surface area (Å²) < 4.78 is 20.3. The number of ether oxygens (including phenoxy) is 1. The van der Waals surface area contributed by atoms with Crippen molar-refractivity contribution in [2.24, 2.45) is 10.9 Å². The minimum Gasteiger partial charge on any atom is -0.484 e. The van der Waals surface area contributed by atoms with Crippen molar-refractivity contribution in [3.8, 4) is 5.75 Å². The summed E-state index contributed by atoms with van der Waals surface area (Å²) in [6.07, 6.45) is 4.40. The van der Waals surface area contributed by atoms with Crippen molar-refractivity contribution in [1.82, 2.24) is 9.97 Å². The van der Waals surface area contributed by atoms with Crippen molar-refractivity contribution in [1.29, 1.82) is 0 Å². The average Bonchev–Trinajstić information content (AvgIpc) is 3.10. The van der Waals surface area contributed by atoms with Crippen LogP contribution in [0.4, 0.5) is 10.2 Å². The fourth-order valence-corrected chi connectivity index (χ4v) is 3.88. The standard InChI is InChI=1S/C21H23FN4O2/c1-21(3-4-21)28-18-7-15-14(6-16(18)22)9-23-20(15)17-8-19(25-12-24-17)26-5-2-13(10-26)11-27/h6-8,12-13,27H,2-5,9-11H2,1H3/t13-/m0/s1. The van der Waals surface area contributed by atoms with E-state index >= 15 is 0 Å². The molecule has 0 spiro atoms. The number of halogens is 1. The average molecular weight is 382 g/mol. The van der Waals surface area contributed by atoms with Crippen molar-refractivity contribution >= 4 is 11.5 Å². The van der Waals surface area contributed by atoms with Gasteiger partial charge in [0.25, 0.3) is 0 Å². The highest BCUT2D eigenvalue weighted by Crippen LogP contribution is 2.41. The van der Waals surface area contributed by atoms with Gasteiger partial charge in [-0.05, 0) is 43.9 Å². The Bertz CT molecular complexity index is 957. The maximum atomic E-state index is 14.4. The summed E-state index contributed by atoms with van der Waals surface area (Å²) in [7, 11) is 0. The van der Waals surface area contributed by atoms with E-state index in [9.17, 15) is 9.50 Å². The molecular formula is C21H23FN4O2. The second kappa shape index (κ2) is 6.51. The number of hydrogen-bond acceptors (Lipinski definition) is 6. The Morgan fingerprint density at radius 2 is 2.14 bits per heavy atom. The number of aliphatic hydroxyl groups excluding tert-OH is 1. The van der Waals surface area contributed by atoms with Gasteiger partial charge in [-0.2, -0.15) is 0 Å². The van der Waals surface area contributed by atoms with Crippen molar-refractivity contribution < 1.29 is 14.2 Å². The van der Waals surface area contributed by atoms with E-state index in [2.05, 4.69) is 19.9 Å². The van der Waals surface area contributed by atoms with Gasteiger partial charge in [-0.15, -0.1) is 0 Å². The fourth-order valence-electron chi connectivity index (χ4n) is 3.88. The Morgan fingerprint density at radius 1 is 1.29 bits per heavy atom. The van der Waals surface area contributed by atoms with Crippen LogP contribution in [0.5, 0.6) is 5.75 Å². The van der Waals surface area contributed by atoms with Crippen LogP contribution in [0.15, 0.2) is 29.5 Å². The zero-order valence-corrected chi connectivity index (χ0v) is 15.9. The predicted molar refractivity (Wildman–Crippen MR) is 103 cm³/mol. The van der Waals surface area contributed by atoms with Crippen LogP contribution in [0.25, 0.3) is 0 Å². The molecule has 1 aliphatic carbocycles. The van der Waals surface area contributed by atoms with Crippen LogP contribution in [-0.4, -0.2) is 46.1 Å². The number of rotatable bonds is 5. The minimum absolute atomic E-state index is 0.196. The van der Waals surface area contributed by atoms with Gasteiger partial charge in [0.05, 0.1) is 18.0 Å². The van der Waals surface area contributed by atoms with E-state index in [1.54, 1.807) is 12.4 Å². The van der Waals surface area contributed by atoms with Crippen molar-refractivity contribution in [2.45, 2.75) is 38.3 Å². The first-order chi connectivity index (χ1) is 13.5. The van der Waals surface area contributed by atoms with E-state index in [0.717, 1.165) is 60.7 Å². The number of fused-ring (bicyclic) bond motifs is 1. The number of aliphatic hydroxyl groups is 1. The van der Waals surface area contributed by atoms with E-state index in [1.165, 1.54) is 6.07 Å². The number of benzene rings is 1. The molecule has 2 aliphatic heterocycles. The number of hydrogen-bond donors (Lipinski definition) is 1. The van der Waals surface area contributed by atoms with Gasteiger partial charge >= 0.3 is 0 Å². The molecule has 3 heterocycles. The maximum absolute atomic E-state index is 14.4. The lowest BCUT2D eigenvalue weighted by Gasteiger charge is -2.18. The molecule has 7 heteroatoms. The molecule has 1 N–H and O–H groups in total. The van der Waals surface area contributed by atoms with Crippen molar-refractivity contribution in [3.63, 3.8) is 0 Å². The Hall–Kier alpha value is -2.54. The smallest absolute Gasteiger partial charge is 0.165 e. The van der Waals surface area contributed by atoms with E-state index in [4.69, 9.17) is 4.74 Å². The maximum Gasteiger partial charge on any atom is 0.165 e. The third kappa shape index (κ3) is 3.13. The van der Waals surface area contributed by atoms with Crippen LogP contribution in [-0.2, 0) is 6.54 Å². The molecule has 6 nitrogen and oxygen atoms in total. The van der Waals surface area contributed by atoms with E-state index in [-0.39, 0.29) is 29.7 Å². The summed E-state index contributed by atoms with van der Waals surface area (Å²) in [5, 5.41) is 9.38. The topological polar surface area (TPSA) is 70.8 Å². The largest absolute Gasteiger partial charge is 0.484 e. The molecule has 2 fully saturated rings. The van der Waals surface area contributed by atoms with Gasteiger partial charge in [-0.3, -0.25) is 4.99 Å². The molecule has 1 saturated heterocycles. The molecule has 146 valence electrons. The number of aromatic nitrogens is 2. The Morgan fingerprint density at radius 3 is 2.89 bits per heavy atom. The SMILES string of the molecule is CC1(Oc2cc3c(cc2F)CN=C3c2cc(N3CC[C@H](CO)C3)ncn2)CC1. The number of nitrogens with zero attached hydrogens (tertiary/aromatic N) is 4. The summed E-state index contributed by atoms with van der Waals surface area (Å²) >= 11 is 0. The quantitative estimate of drug-likeness (QED) is 0.861. The second-order valence-corrected chi connectivity index (χ2v) is 8.20. The van der Waals surface area contributed by atoms with E-state index < -0.39 is 0 Å². The molecule has 1 aromatic heterocycles. The summed E-state index contributed by atoms with van der Waals surface area (Å²) in [5.74, 6) is 1.07. The van der Waals surface area contributed by atoms with Gasteiger partial charge in [0.2, 0.25) is 0 Å². The third-order valence-corrected chi connectivity index (χ3v) is 5.89. The van der Waals surface area contributed by atoms with E-state index in [1.807, 2.05) is 13.0 Å². The normalized spacial score (nSPS) is 22.2. The van der Waals surface area contributed by atoms with Crippen molar-refractivity contribution in [2.75, 3.05) is 24.6 Å². The third-order valence-electron chi connectivity index (χ3n) is 5.89. The van der Waals surface area contributed by atoms with Crippen LogP contribution < -0.4 is 9.64 Å². The van der Waals surface area contributed by atoms with Crippen LogP contribution in [0.1, 0.15) is 43.0 Å². The molecule has 3 aliphatic rings. The molecular weight excluding hydrogens is 359 g/mol. The number of anilines is 1. The lowest BCUT2D eigenvalue weighted by Crippen LogP contribution is -2.22. The highest BCUT2D eigenvalue weighted by atomic mass is 19.1. The molecule has 0 amide bonds. The zero-order chi connectivity index (χ0) is 19.3. The van der Waals surface area contributed by atoms with Crippen LogP contribution in [0, 0.1) is 11.7 Å². The van der Waals surface area contributed by atoms with Gasteiger partial charge in [0.1, 0.15) is 17.7 Å². The summed E-state index contributed by atoms with van der Waals surface area (Å²) in [4.78, 5) is 15.6. The summed E-state index contributed by atoms with van der Waals surface area (Å²) in [6.45, 7) is 4.29. The molecule has 0 unspecified atom stereocenters. The molecule has 1 saturated carbocycles. The zero-order valence-electron chi connectivity index (χ0n) is 15.9. The van der Waals surface area contributed by atoms with Gasteiger partial charge in [0, 0.05) is 37.2 Å². The van der Waals surface area contributed by atoms with Gasteiger partial charge in [-0.25, -0.2) is 14.4 Å². The molecule has 1 atom stereocenters. The molecule has 5 rings (SSSR count). The predicted octanol–water partition coefficient (Wildman–Crippen LogP) is 2.72. The van der Waals surface area contributed by atoms with E-state index in [0.29, 0.717) is 6.54 Å². The second-order valence-electron chi connectivity index (χ2n) is 8.20. The minimum atomic E-state index is -0.334.